The van der Waals surface area contributed by atoms with Crippen LogP contribution in [0.15, 0.2) is 29.2 Å². The van der Waals surface area contributed by atoms with Crippen LogP contribution in [-0.2, 0) is 0 Å². The topological polar surface area (TPSA) is 29.1 Å². The molecule has 2 nitrogen and oxygen atoms in total. The molecule has 0 aromatic heterocycles. The number of amides is 1. The zero-order valence-corrected chi connectivity index (χ0v) is 12.7. The van der Waals surface area contributed by atoms with E-state index in [9.17, 15) is 4.79 Å². The molecule has 1 amide bonds. The van der Waals surface area contributed by atoms with Crippen molar-refractivity contribution in [2.45, 2.75) is 37.1 Å². The molecule has 4 heteroatoms. The van der Waals surface area contributed by atoms with Crippen LogP contribution in [0.5, 0.6) is 0 Å². The van der Waals surface area contributed by atoms with Gasteiger partial charge in [-0.05, 0) is 43.4 Å². The number of carbonyl (C=O) groups is 1. The molecule has 0 heterocycles. The molecule has 1 N–H and O–H groups in total. The van der Waals surface area contributed by atoms with Crippen LogP contribution < -0.4 is 5.32 Å². The number of benzene rings is 1. The van der Waals surface area contributed by atoms with Gasteiger partial charge in [0.05, 0.1) is 5.54 Å². The highest BCUT2D eigenvalue weighted by molar-refractivity contribution is 7.98. The van der Waals surface area contributed by atoms with E-state index >= 15 is 0 Å². The monoisotopic (exact) mass is 285 g/mol. The van der Waals surface area contributed by atoms with Gasteiger partial charge in [0.1, 0.15) is 0 Å². The van der Waals surface area contributed by atoms with Gasteiger partial charge in [0.25, 0.3) is 5.91 Å². The molecule has 0 aliphatic heterocycles. The van der Waals surface area contributed by atoms with E-state index in [2.05, 4.69) is 5.32 Å². The van der Waals surface area contributed by atoms with Crippen molar-refractivity contribution in [2.24, 2.45) is 0 Å². The Balaban J connectivity index is 2.80. The summed E-state index contributed by atoms with van der Waals surface area (Å²) in [4.78, 5) is 13.3. The standard InChI is InChI=1S/C14H20ClNOS/c1-4-14(5-2,10-15)16-13(17)11-6-8-12(18-3)9-7-11/h6-9H,4-5,10H2,1-3H3,(H,16,17). The van der Waals surface area contributed by atoms with Crippen molar-refractivity contribution in [3.05, 3.63) is 29.8 Å². The van der Waals surface area contributed by atoms with Gasteiger partial charge in [-0.15, -0.1) is 23.4 Å². The number of halogens is 1. The van der Waals surface area contributed by atoms with Crippen LogP contribution in [0.1, 0.15) is 37.0 Å². The number of alkyl halides is 1. The van der Waals surface area contributed by atoms with Gasteiger partial charge >= 0.3 is 0 Å². The first-order valence-electron chi connectivity index (χ1n) is 6.13. The minimum absolute atomic E-state index is 0.0491. The number of rotatable bonds is 6. The summed E-state index contributed by atoms with van der Waals surface area (Å²) in [5.41, 5.74) is 0.390. The molecular weight excluding hydrogens is 266 g/mol. The molecule has 0 saturated heterocycles. The zero-order chi connectivity index (χ0) is 13.6. The average Bonchev–Trinajstić information content (AvgIpc) is 2.45. The predicted molar refractivity (Wildman–Crippen MR) is 79.7 cm³/mol. The van der Waals surface area contributed by atoms with Crippen molar-refractivity contribution in [2.75, 3.05) is 12.1 Å². The maximum absolute atomic E-state index is 12.2. The summed E-state index contributed by atoms with van der Waals surface area (Å²) in [7, 11) is 0. The van der Waals surface area contributed by atoms with Crippen LogP contribution in [0.2, 0.25) is 0 Å². The molecule has 0 bridgehead atoms. The second kappa shape index (κ2) is 7.05. The van der Waals surface area contributed by atoms with Gasteiger partial charge in [-0.1, -0.05) is 13.8 Å². The first-order chi connectivity index (χ1) is 8.60. The third kappa shape index (κ3) is 3.66. The first-order valence-corrected chi connectivity index (χ1v) is 7.89. The van der Waals surface area contributed by atoms with Crippen LogP contribution in [-0.4, -0.2) is 23.6 Å². The van der Waals surface area contributed by atoms with Crippen molar-refractivity contribution in [3.8, 4) is 0 Å². The van der Waals surface area contributed by atoms with E-state index in [4.69, 9.17) is 11.6 Å². The number of carbonyl (C=O) groups excluding carboxylic acids is 1. The Hall–Kier alpha value is -0.670. The largest absolute Gasteiger partial charge is 0.345 e. The lowest BCUT2D eigenvalue weighted by atomic mass is 9.94. The van der Waals surface area contributed by atoms with E-state index in [1.165, 1.54) is 0 Å². The Morgan fingerprint density at radius 1 is 1.28 bits per heavy atom. The van der Waals surface area contributed by atoms with E-state index in [0.717, 1.165) is 17.7 Å². The molecule has 1 aromatic rings. The van der Waals surface area contributed by atoms with Crippen molar-refractivity contribution < 1.29 is 4.79 Å². The molecule has 1 rings (SSSR count). The molecule has 0 aliphatic rings. The third-order valence-electron chi connectivity index (χ3n) is 3.34. The molecular formula is C14H20ClNOS. The molecule has 0 fully saturated rings. The van der Waals surface area contributed by atoms with Gasteiger partial charge in [-0.25, -0.2) is 0 Å². The summed E-state index contributed by atoms with van der Waals surface area (Å²) in [6.45, 7) is 4.09. The number of hydrogen-bond acceptors (Lipinski definition) is 2. The highest BCUT2D eigenvalue weighted by Gasteiger charge is 2.27. The van der Waals surface area contributed by atoms with Gasteiger partial charge in [-0.3, -0.25) is 4.79 Å². The Morgan fingerprint density at radius 2 is 1.83 bits per heavy atom. The SMILES string of the molecule is CCC(CC)(CCl)NC(=O)c1ccc(SC)cc1. The fraction of sp³-hybridized carbons (Fsp3) is 0.500. The summed E-state index contributed by atoms with van der Waals surface area (Å²) in [5.74, 6) is 0.390. The normalized spacial score (nSPS) is 11.3. The number of nitrogens with one attached hydrogen (secondary N) is 1. The molecule has 1 aromatic carbocycles. The Labute approximate surface area is 118 Å². The second-order valence-electron chi connectivity index (χ2n) is 4.30. The molecule has 0 unspecified atom stereocenters. The van der Waals surface area contributed by atoms with Gasteiger partial charge in [0.2, 0.25) is 0 Å². The van der Waals surface area contributed by atoms with E-state index < -0.39 is 0 Å². The predicted octanol–water partition coefficient (Wildman–Crippen LogP) is 3.94. The minimum Gasteiger partial charge on any atom is -0.345 e. The summed E-state index contributed by atoms with van der Waals surface area (Å²) in [5, 5.41) is 3.06. The van der Waals surface area contributed by atoms with Crippen LogP contribution in [0.25, 0.3) is 0 Å². The van der Waals surface area contributed by atoms with Crippen LogP contribution in [0, 0.1) is 0 Å². The van der Waals surface area contributed by atoms with E-state index in [0.29, 0.717) is 11.4 Å². The van der Waals surface area contributed by atoms with E-state index in [1.54, 1.807) is 11.8 Å². The highest BCUT2D eigenvalue weighted by atomic mass is 35.5. The number of hydrogen-bond donors (Lipinski definition) is 1. The fourth-order valence-electron chi connectivity index (χ4n) is 1.70. The lowest BCUT2D eigenvalue weighted by Gasteiger charge is -2.30. The Morgan fingerprint density at radius 3 is 2.22 bits per heavy atom. The highest BCUT2D eigenvalue weighted by Crippen LogP contribution is 2.19. The molecule has 100 valence electrons. The van der Waals surface area contributed by atoms with Crippen LogP contribution in [0.3, 0.4) is 0 Å². The number of thioether (sulfide) groups is 1. The maximum atomic E-state index is 12.2. The van der Waals surface area contributed by atoms with Gasteiger partial charge in [0.15, 0.2) is 0 Å². The lowest BCUT2D eigenvalue weighted by Crippen LogP contribution is -2.49. The Bertz CT molecular complexity index is 379. The smallest absolute Gasteiger partial charge is 0.251 e. The summed E-state index contributed by atoms with van der Waals surface area (Å²) < 4.78 is 0. The molecule has 0 atom stereocenters. The summed E-state index contributed by atoms with van der Waals surface area (Å²) >= 11 is 7.65. The zero-order valence-electron chi connectivity index (χ0n) is 11.1. The van der Waals surface area contributed by atoms with Crippen molar-refractivity contribution in [1.29, 1.82) is 0 Å². The van der Waals surface area contributed by atoms with Crippen LogP contribution >= 0.6 is 23.4 Å². The quantitative estimate of drug-likeness (QED) is 0.634. The molecule has 0 saturated carbocycles. The van der Waals surface area contributed by atoms with Crippen molar-refractivity contribution in [1.82, 2.24) is 5.32 Å². The van der Waals surface area contributed by atoms with Gasteiger partial charge < -0.3 is 5.32 Å². The molecule has 0 spiro atoms. The molecule has 18 heavy (non-hydrogen) atoms. The lowest BCUT2D eigenvalue weighted by molar-refractivity contribution is 0.0902. The summed E-state index contributed by atoms with van der Waals surface area (Å²) in [6, 6.07) is 7.62. The first kappa shape index (κ1) is 15.4. The average molecular weight is 286 g/mol. The third-order valence-corrected chi connectivity index (χ3v) is 4.60. The molecule has 0 aliphatic carbocycles. The van der Waals surface area contributed by atoms with E-state index in [1.807, 2.05) is 44.4 Å². The minimum atomic E-state index is -0.295. The van der Waals surface area contributed by atoms with Crippen molar-refractivity contribution >= 4 is 29.3 Å². The van der Waals surface area contributed by atoms with Crippen LogP contribution in [0.4, 0.5) is 0 Å². The van der Waals surface area contributed by atoms with E-state index in [-0.39, 0.29) is 11.4 Å². The molecule has 0 radical (unpaired) electrons. The second-order valence-corrected chi connectivity index (χ2v) is 5.45. The fourth-order valence-corrected chi connectivity index (χ4v) is 2.56. The maximum Gasteiger partial charge on any atom is 0.251 e. The summed E-state index contributed by atoms with van der Waals surface area (Å²) in [6.07, 6.45) is 3.69. The van der Waals surface area contributed by atoms with Gasteiger partial charge in [0, 0.05) is 16.3 Å². The Kier molecular flexibility index (Phi) is 6.03. The van der Waals surface area contributed by atoms with Crippen molar-refractivity contribution in [3.63, 3.8) is 0 Å². The van der Waals surface area contributed by atoms with Gasteiger partial charge in [-0.2, -0.15) is 0 Å².